The van der Waals surface area contributed by atoms with Gasteiger partial charge in [0.05, 0.1) is 0 Å². The first kappa shape index (κ1) is 27.6. The summed E-state index contributed by atoms with van der Waals surface area (Å²) in [4.78, 5) is 28.6. The van der Waals surface area contributed by atoms with Crippen LogP contribution < -0.4 is 10.1 Å². The maximum Gasteiger partial charge on any atom is 0.261 e. The molecule has 1 atom stereocenters. The molecule has 0 radical (unpaired) electrons. The molecule has 3 aromatic rings. The van der Waals surface area contributed by atoms with Gasteiger partial charge in [0.25, 0.3) is 5.91 Å². The molecule has 36 heavy (non-hydrogen) atoms. The van der Waals surface area contributed by atoms with E-state index in [-0.39, 0.29) is 25.0 Å². The van der Waals surface area contributed by atoms with Crippen molar-refractivity contribution in [3.8, 4) is 5.75 Å². The minimum Gasteiger partial charge on any atom is -0.484 e. The fraction of sp³-hybridized carbons (Fsp3) is 0.310. The molecule has 0 unspecified atom stereocenters. The molecule has 0 aliphatic rings. The van der Waals surface area contributed by atoms with E-state index in [4.69, 9.17) is 27.9 Å². The standard InChI is InChI=1S/C29H32Cl2N2O3/c1-3-4-16-32-29(35)27(18-22-11-6-5-7-12-22)33(19-24-25(30)14-9-15-26(24)31)28(34)20-36-23-13-8-10-21(2)17-23/h5-15,17,27H,3-4,16,18-20H2,1-2H3,(H,32,35)/t27-/m1/s1. The molecule has 5 nitrogen and oxygen atoms in total. The highest BCUT2D eigenvalue weighted by molar-refractivity contribution is 6.36. The van der Waals surface area contributed by atoms with E-state index in [2.05, 4.69) is 12.2 Å². The highest BCUT2D eigenvalue weighted by Gasteiger charge is 2.31. The average Bonchev–Trinajstić information content (AvgIpc) is 2.87. The molecule has 3 aromatic carbocycles. The van der Waals surface area contributed by atoms with Crippen LogP contribution in [0.1, 0.15) is 36.5 Å². The number of carbonyl (C=O) groups excluding carboxylic acids is 2. The Morgan fingerprint density at radius 2 is 1.67 bits per heavy atom. The lowest BCUT2D eigenvalue weighted by atomic mass is 10.0. The Hall–Kier alpha value is -3.02. The Bertz CT molecular complexity index is 1130. The summed E-state index contributed by atoms with van der Waals surface area (Å²) >= 11 is 12.9. The highest BCUT2D eigenvalue weighted by atomic mass is 35.5. The number of ether oxygens (including phenoxy) is 1. The molecule has 190 valence electrons. The lowest BCUT2D eigenvalue weighted by Crippen LogP contribution is -2.52. The number of hydrogen-bond acceptors (Lipinski definition) is 3. The Morgan fingerprint density at radius 1 is 0.972 bits per heavy atom. The predicted molar refractivity (Wildman–Crippen MR) is 146 cm³/mol. The third kappa shape index (κ3) is 8.00. The third-order valence-corrected chi connectivity index (χ3v) is 6.55. The molecule has 2 amide bonds. The average molecular weight is 527 g/mol. The van der Waals surface area contributed by atoms with Crippen molar-refractivity contribution in [2.24, 2.45) is 0 Å². The van der Waals surface area contributed by atoms with Gasteiger partial charge in [-0.05, 0) is 48.7 Å². The number of nitrogens with zero attached hydrogens (tertiary/aromatic N) is 1. The zero-order valence-electron chi connectivity index (χ0n) is 20.7. The number of rotatable bonds is 12. The van der Waals surface area contributed by atoms with Crippen molar-refractivity contribution in [2.45, 2.75) is 45.7 Å². The molecular weight excluding hydrogens is 495 g/mol. The second-order valence-corrected chi connectivity index (χ2v) is 9.49. The Morgan fingerprint density at radius 3 is 2.33 bits per heavy atom. The van der Waals surface area contributed by atoms with E-state index in [0.717, 1.165) is 24.0 Å². The van der Waals surface area contributed by atoms with Gasteiger partial charge >= 0.3 is 0 Å². The Balaban J connectivity index is 1.93. The minimum atomic E-state index is -0.773. The summed E-state index contributed by atoms with van der Waals surface area (Å²) in [6.45, 7) is 4.41. The number of carbonyl (C=O) groups is 2. The maximum atomic E-state index is 13.6. The summed E-state index contributed by atoms with van der Waals surface area (Å²) in [5, 5.41) is 3.87. The second kappa shape index (κ2) is 13.9. The molecule has 0 bridgehead atoms. The molecule has 0 aliphatic heterocycles. The van der Waals surface area contributed by atoms with Crippen molar-refractivity contribution >= 4 is 35.0 Å². The molecule has 7 heteroatoms. The number of halogens is 2. The van der Waals surface area contributed by atoms with Gasteiger partial charge in [0.2, 0.25) is 5.91 Å². The van der Waals surface area contributed by atoms with Gasteiger partial charge in [-0.1, -0.05) is 85.1 Å². The van der Waals surface area contributed by atoms with E-state index < -0.39 is 6.04 Å². The smallest absolute Gasteiger partial charge is 0.261 e. The number of aryl methyl sites for hydroxylation is 1. The topological polar surface area (TPSA) is 58.6 Å². The van der Waals surface area contributed by atoms with Crippen LogP contribution in [0.5, 0.6) is 5.75 Å². The van der Waals surface area contributed by atoms with Crippen LogP contribution in [0.3, 0.4) is 0 Å². The van der Waals surface area contributed by atoms with Crippen LogP contribution in [0.25, 0.3) is 0 Å². The molecule has 0 saturated heterocycles. The van der Waals surface area contributed by atoms with Gasteiger partial charge in [0, 0.05) is 35.1 Å². The zero-order valence-corrected chi connectivity index (χ0v) is 22.2. The van der Waals surface area contributed by atoms with Crippen molar-refractivity contribution in [1.82, 2.24) is 10.2 Å². The summed E-state index contributed by atoms with van der Waals surface area (Å²) in [6.07, 6.45) is 2.15. The molecule has 0 heterocycles. The first-order valence-electron chi connectivity index (χ1n) is 12.1. The van der Waals surface area contributed by atoms with Crippen LogP contribution in [0.4, 0.5) is 0 Å². The van der Waals surface area contributed by atoms with E-state index in [0.29, 0.717) is 34.3 Å². The van der Waals surface area contributed by atoms with Gasteiger partial charge in [0.1, 0.15) is 11.8 Å². The zero-order chi connectivity index (χ0) is 25.9. The van der Waals surface area contributed by atoms with Crippen LogP contribution in [0, 0.1) is 6.92 Å². The van der Waals surface area contributed by atoms with Crippen molar-refractivity contribution in [3.05, 3.63) is 99.5 Å². The van der Waals surface area contributed by atoms with E-state index >= 15 is 0 Å². The molecule has 0 aliphatic carbocycles. The van der Waals surface area contributed by atoms with E-state index in [1.54, 1.807) is 24.3 Å². The van der Waals surface area contributed by atoms with Crippen LogP contribution in [0.15, 0.2) is 72.8 Å². The lowest BCUT2D eigenvalue weighted by molar-refractivity contribution is -0.142. The van der Waals surface area contributed by atoms with Crippen molar-refractivity contribution in [3.63, 3.8) is 0 Å². The number of nitrogens with one attached hydrogen (secondary N) is 1. The number of hydrogen-bond donors (Lipinski definition) is 1. The van der Waals surface area contributed by atoms with Crippen LogP contribution in [-0.4, -0.2) is 35.9 Å². The Kier molecular flexibility index (Phi) is 10.6. The fourth-order valence-electron chi connectivity index (χ4n) is 3.85. The SMILES string of the molecule is CCCCNC(=O)[C@@H](Cc1ccccc1)N(Cc1c(Cl)cccc1Cl)C(=O)COc1cccc(C)c1. The van der Waals surface area contributed by atoms with Gasteiger partial charge in [-0.3, -0.25) is 9.59 Å². The van der Waals surface area contributed by atoms with Gasteiger partial charge in [0.15, 0.2) is 6.61 Å². The molecule has 0 saturated carbocycles. The van der Waals surface area contributed by atoms with E-state index in [1.807, 2.05) is 55.5 Å². The van der Waals surface area contributed by atoms with Gasteiger partial charge in [-0.15, -0.1) is 0 Å². The third-order valence-electron chi connectivity index (χ3n) is 5.84. The van der Waals surface area contributed by atoms with Crippen LogP contribution >= 0.6 is 23.2 Å². The summed E-state index contributed by atoms with van der Waals surface area (Å²) in [7, 11) is 0. The van der Waals surface area contributed by atoms with Gasteiger partial charge in [-0.2, -0.15) is 0 Å². The monoisotopic (exact) mass is 526 g/mol. The number of amides is 2. The molecule has 0 spiro atoms. The first-order chi connectivity index (χ1) is 17.4. The fourth-order valence-corrected chi connectivity index (χ4v) is 4.36. The molecule has 0 aromatic heterocycles. The van der Waals surface area contributed by atoms with Crippen LogP contribution in [-0.2, 0) is 22.6 Å². The molecule has 0 fully saturated rings. The summed E-state index contributed by atoms with van der Waals surface area (Å²) in [5.41, 5.74) is 2.55. The number of benzene rings is 3. The second-order valence-electron chi connectivity index (χ2n) is 8.68. The van der Waals surface area contributed by atoms with Crippen molar-refractivity contribution in [2.75, 3.05) is 13.2 Å². The van der Waals surface area contributed by atoms with E-state index in [1.165, 1.54) is 4.90 Å². The number of unbranched alkanes of at least 4 members (excludes halogenated alkanes) is 1. The quantitative estimate of drug-likeness (QED) is 0.284. The highest BCUT2D eigenvalue weighted by Crippen LogP contribution is 2.27. The summed E-state index contributed by atoms with van der Waals surface area (Å²) < 4.78 is 5.82. The van der Waals surface area contributed by atoms with Crippen LogP contribution in [0.2, 0.25) is 10.0 Å². The maximum absolute atomic E-state index is 13.6. The molecule has 1 N–H and O–H groups in total. The molecular formula is C29H32Cl2N2O3. The lowest BCUT2D eigenvalue weighted by Gasteiger charge is -2.32. The summed E-state index contributed by atoms with van der Waals surface area (Å²) in [6, 6.07) is 21.6. The minimum absolute atomic E-state index is 0.0766. The summed E-state index contributed by atoms with van der Waals surface area (Å²) in [5.74, 6) is 0.0320. The van der Waals surface area contributed by atoms with Crippen molar-refractivity contribution < 1.29 is 14.3 Å². The van der Waals surface area contributed by atoms with Gasteiger partial charge < -0.3 is 15.0 Å². The van der Waals surface area contributed by atoms with E-state index in [9.17, 15) is 9.59 Å². The predicted octanol–water partition coefficient (Wildman–Crippen LogP) is 6.24. The van der Waals surface area contributed by atoms with Crippen molar-refractivity contribution in [1.29, 1.82) is 0 Å². The van der Waals surface area contributed by atoms with Gasteiger partial charge in [-0.25, -0.2) is 0 Å². The normalized spacial score (nSPS) is 11.6. The first-order valence-corrected chi connectivity index (χ1v) is 12.9. The Labute approximate surface area is 223 Å². The largest absolute Gasteiger partial charge is 0.484 e. The molecule has 3 rings (SSSR count).